The highest BCUT2D eigenvalue weighted by Gasteiger charge is 2.64. The molecule has 1 aromatic heterocycles. The van der Waals surface area contributed by atoms with Crippen LogP contribution in [0.3, 0.4) is 0 Å². The van der Waals surface area contributed by atoms with E-state index in [1.807, 2.05) is 0 Å². The Kier molecular flexibility index (Phi) is 4.79. The summed E-state index contributed by atoms with van der Waals surface area (Å²) in [5, 5.41) is 14.2. The highest BCUT2D eigenvalue weighted by atomic mass is 19.1. The van der Waals surface area contributed by atoms with Crippen molar-refractivity contribution < 1.29 is 18.9 Å². The van der Waals surface area contributed by atoms with Gasteiger partial charge in [0.2, 0.25) is 5.91 Å². The van der Waals surface area contributed by atoms with Crippen LogP contribution in [-0.2, 0) is 10.3 Å². The van der Waals surface area contributed by atoms with Crippen molar-refractivity contribution in [1.82, 2.24) is 9.88 Å². The summed E-state index contributed by atoms with van der Waals surface area (Å²) in [6.07, 6.45) is 1.49. The average Bonchev–Trinajstić information content (AvgIpc) is 3.29. The fourth-order valence-electron chi connectivity index (χ4n) is 5.25. The smallest absolute Gasteiger partial charge is 0.269 e. The number of Topliss-reactive ketones (excluding diaryl/α,β-unsaturated/α-hetero) is 1. The third-order valence-corrected chi connectivity index (χ3v) is 6.62. The molecule has 0 unspecified atom stereocenters. The molecule has 1 fully saturated rings. The van der Waals surface area contributed by atoms with Crippen molar-refractivity contribution in [1.29, 1.82) is 0 Å². The largest absolute Gasteiger partial charge is 0.324 e. The van der Waals surface area contributed by atoms with E-state index in [2.05, 4.69) is 10.3 Å². The predicted octanol–water partition coefficient (Wildman–Crippen LogP) is 3.50. The molecule has 1 spiro atoms. The van der Waals surface area contributed by atoms with E-state index in [4.69, 9.17) is 0 Å². The number of likely N-dealkylation sites (tertiary alicyclic amines) is 1. The minimum absolute atomic E-state index is 0.109. The van der Waals surface area contributed by atoms with Crippen molar-refractivity contribution in [2.24, 2.45) is 5.92 Å². The number of rotatable bonds is 4. The molecular weight excluding hydrogens is 427 g/mol. The predicted molar refractivity (Wildman–Crippen MR) is 117 cm³/mol. The molecule has 3 atom stereocenters. The quantitative estimate of drug-likeness (QED) is 0.374. The number of anilines is 1. The Hall–Kier alpha value is -3.98. The molecular formula is C24H19FN4O4. The SMILES string of the molecule is CN1C[C@H](c2cccc([N+](=O)[O-])c2)[C@@H](C(=O)c2ccccn2)[C@]12C(=O)Nc1ccc(F)cc12. The number of carbonyl (C=O) groups is 2. The number of ketones is 1. The maximum absolute atomic E-state index is 14.3. The number of benzene rings is 2. The van der Waals surface area contributed by atoms with Crippen LogP contribution in [0.15, 0.2) is 66.9 Å². The number of amides is 1. The summed E-state index contributed by atoms with van der Waals surface area (Å²) in [4.78, 5) is 44.2. The fraction of sp³-hybridized carbons (Fsp3) is 0.208. The van der Waals surface area contributed by atoms with E-state index >= 15 is 0 Å². The van der Waals surface area contributed by atoms with Gasteiger partial charge in [0.25, 0.3) is 5.69 Å². The van der Waals surface area contributed by atoms with E-state index < -0.39 is 34.0 Å². The van der Waals surface area contributed by atoms with Gasteiger partial charge in [-0.25, -0.2) is 4.39 Å². The Balaban J connectivity index is 1.74. The summed E-state index contributed by atoms with van der Waals surface area (Å²) in [7, 11) is 1.70. The van der Waals surface area contributed by atoms with E-state index in [1.54, 1.807) is 42.3 Å². The van der Waals surface area contributed by atoms with Gasteiger partial charge in [0.15, 0.2) is 5.78 Å². The number of pyridine rings is 1. The Morgan fingerprint density at radius 3 is 2.76 bits per heavy atom. The Labute approximate surface area is 188 Å². The highest BCUT2D eigenvalue weighted by Crippen LogP contribution is 2.55. The van der Waals surface area contributed by atoms with Crippen LogP contribution in [0.1, 0.15) is 27.5 Å². The molecule has 9 heteroatoms. The molecule has 8 nitrogen and oxygen atoms in total. The van der Waals surface area contributed by atoms with Gasteiger partial charge < -0.3 is 5.32 Å². The summed E-state index contributed by atoms with van der Waals surface area (Å²) in [5.74, 6) is -2.90. The second-order valence-corrected chi connectivity index (χ2v) is 8.31. The lowest BCUT2D eigenvalue weighted by Gasteiger charge is -2.35. The van der Waals surface area contributed by atoms with E-state index in [0.29, 0.717) is 16.8 Å². The van der Waals surface area contributed by atoms with Gasteiger partial charge >= 0.3 is 0 Å². The number of carbonyl (C=O) groups excluding carboxylic acids is 2. The van der Waals surface area contributed by atoms with E-state index in [9.17, 15) is 24.1 Å². The number of nitrogens with one attached hydrogen (secondary N) is 1. The van der Waals surface area contributed by atoms with Crippen molar-refractivity contribution >= 4 is 23.1 Å². The third kappa shape index (κ3) is 3.04. The van der Waals surface area contributed by atoms with Crippen molar-refractivity contribution in [2.45, 2.75) is 11.5 Å². The lowest BCUT2D eigenvalue weighted by atomic mass is 9.71. The number of likely N-dealkylation sites (N-methyl/N-ethyl adjacent to an activating group) is 1. The summed E-state index contributed by atoms with van der Waals surface area (Å²) in [6, 6.07) is 15.0. The summed E-state index contributed by atoms with van der Waals surface area (Å²) >= 11 is 0. The minimum Gasteiger partial charge on any atom is -0.324 e. The minimum atomic E-state index is -1.48. The number of halogens is 1. The van der Waals surface area contributed by atoms with Gasteiger partial charge in [-0.3, -0.25) is 29.6 Å². The lowest BCUT2D eigenvalue weighted by molar-refractivity contribution is -0.384. The van der Waals surface area contributed by atoms with Gasteiger partial charge in [0.1, 0.15) is 17.1 Å². The Morgan fingerprint density at radius 2 is 2.03 bits per heavy atom. The first-order valence-electron chi connectivity index (χ1n) is 10.4. The first-order valence-corrected chi connectivity index (χ1v) is 10.4. The van der Waals surface area contributed by atoms with E-state index in [1.165, 1.54) is 36.5 Å². The number of nitro groups is 1. The van der Waals surface area contributed by atoms with Gasteiger partial charge in [-0.1, -0.05) is 18.2 Å². The van der Waals surface area contributed by atoms with Crippen LogP contribution in [0, 0.1) is 21.8 Å². The van der Waals surface area contributed by atoms with Crippen LogP contribution in [0.5, 0.6) is 0 Å². The molecule has 2 aromatic carbocycles. The Bertz CT molecular complexity index is 1300. The molecule has 2 aliphatic heterocycles. The molecule has 1 amide bonds. The number of fused-ring (bicyclic) bond motifs is 2. The number of aromatic nitrogens is 1. The molecule has 1 N–H and O–H groups in total. The van der Waals surface area contributed by atoms with Crippen molar-refractivity contribution in [3.8, 4) is 0 Å². The van der Waals surface area contributed by atoms with E-state index in [0.717, 1.165) is 0 Å². The summed E-state index contributed by atoms with van der Waals surface area (Å²) < 4.78 is 14.3. The lowest BCUT2D eigenvalue weighted by Crippen LogP contribution is -2.51. The standard InChI is InChI=1S/C24H19FN4O4/c1-28-13-17(14-5-4-6-16(11-14)29(32)33)21(22(30)20-7-2-3-10-26-20)24(28)18-12-15(25)8-9-19(18)27-23(24)31/h2-12,17,21H,13H2,1H3,(H,27,31)/t17-,21+,24-/m1/s1. The molecule has 0 bridgehead atoms. The molecule has 1 saturated heterocycles. The zero-order valence-corrected chi connectivity index (χ0v) is 17.6. The average molecular weight is 446 g/mol. The molecule has 0 aliphatic carbocycles. The number of nitro benzene ring substituents is 1. The normalized spacial score (nSPS) is 24.0. The zero-order valence-electron chi connectivity index (χ0n) is 17.6. The molecule has 2 aliphatic rings. The van der Waals surface area contributed by atoms with Crippen LogP contribution in [0.25, 0.3) is 0 Å². The molecule has 33 heavy (non-hydrogen) atoms. The second-order valence-electron chi connectivity index (χ2n) is 8.31. The first kappa shape index (κ1) is 20.9. The molecule has 3 aromatic rings. The van der Waals surface area contributed by atoms with Crippen molar-refractivity contribution in [3.05, 3.63) is 99.6 Å². The number of nitrogens with zero attached hydrogens (tertiary/aromatic N) is 3. The fourth-order valence-corrected chi connectivity index (χ4v) is 5.25. The highest BCUT2D eigenvalue weighted by molar-refractivity contribution is 6.11. The Morgan fingerprint density at radius 1 is 1.21 bits per heavy atom. The molecule has 5 rings (SSSR count). The maximum atomic E-state index is 14.3. The van der Waals surface area contributed by atoms with Crippen LogP contribution >= 0.6 is 0 Å². The van der Waals surface area contributed by atoms with Crippen molar-refractivity contribution in [3.63, 3.8) is 0 Å². The van der Waals surface area contributed by atoms with Crippen LogP contribution in [0.4, 0.5) is 15.8 Å². The van der Waals surface area contributed by atoms with Gasteiger partial charge in [-0.05, 0) is 42.9 Å². The van der Waals surface area contributed by atoms with Crippen LogP contribution < -0.4 is 5.32 Å². The molecule has 0 radical (unpaired) electrons. The first-order chi connectivity index (χ1) is 15.8. The van der Waals surface area contributed by atoms with Crippen LogP contribution in [0.2, 0.25) is 0 Å². The third-order valence-electron chi connectivity index (χ3n) is 6.62. The molecule has 166 valence electrons. The summed E-state index contributed by atoms with van der Waals surface area (Å²) in [5.41, 5.74) is -0.0574. The molecule has 0 saturated carbocycles. The summed E-state index contributed by atoms with van der Waals surface area (Å²) in [6.45, 7) is 0.258. The van der Waals surface area contributed by atoms with E-state index in [-0.39, 0.29) is 23.7 Å². The van der Waals surface area contributed by atoms with Crippen LogP contribution in [-0.4, -0.2) is 40.1 Å². The second kappa shape index (κ2) is 7.56. The van der Waals surface area contributed by atoms with Crippen molar-refractivity contribution in [2.75, 3.05) is 18.9 Å². The van der Waals surface area contributed by atoms with Gasteiger partial charge in [0.05, 0.1) is 10.8 Å². The number of non-ortho nitro benzene ring substituents is 1. The van der Waals surface area contributed by atoms with Gasteiger partial charge in [0, 0.05) is 42.0 Å². The number of hydrogen-bond donors (Lipinski definition) is 1. The monoisotopic (exact) mass is 446 g/mol. The number of hydrogen-bond acceptors (Lipinski definition) is 6. The van der Waals surface area contributed by atoms with Gasteiger partial charge in [-0.15, -0.1) is 0 Å². The molecule has 3 heterocycles. The zero-order chi connectivity index (χ0) is 23.3. The maximum Gasteiger partial charge on any atom is 0.269 e. The van der Waals surface area contributed by atoms with Gasteiger partial charge in [-0.2, -0.15) is 0 Å². The topological polar surface area (TPSA) is 105 Å².